The van der Waals surface area contributed by atoms with Crippen LogP contribution >= 0.6 is 46.1 Å². The zero-order valence-electron chi connectivity index (χ0n) is 18.2. The van der Waals surface area contributed by atoms with Crippen LogP contribution in [-0.2, 0) is 21.4 Å². The highest BCUT2D eigenvalue weighted by Gasteiger charge is 2.19. The van der Waals surface area contributed by atoms with Gasteiger partial charge < -0.3 is 4.57 Å². The fraction of sp³-hybridized carbons (Fsp3) is 0.0833. The molecule has 2 aromatic carbocycles. The van der Waals surface area contributed by atoms with Gasteiger partial charge in [0, 0.05) is 11.1 Å². The molecule has 0 saturated heterocycles. The number of halogens is 3. The lowest BCUT2D eigenvalue weighted by Crippen LogP contribution is -2.28. The molecule has 0 saturated carbocycles. The molecule has 1 N–H and O–H groups in total. The average molecular weight is 567 g/mol. The van der Waals surface area contributed by atoms with Crippen molar-refractivity contribution in [3.8, 4) is 11.1 Å². The van der Waals surface area contributed by atoms with E-state index in [2.05, 4.69) is 4.98 Å². The number of aryl methyl sites for hydroxylation is 1. The molecule has 4 rings (SSSR count). The first-order chi connectivity index (χ1) is 16.6. The molecule has 2 heterocycles. The number of benzene rings is 2. The highest BCUT2D eigenvalue weighted by atomic mass is 35.5. The summed E-state index contributed by atoms with van der Waals surface area (Å²) in [6.45, 7) is 2.13. The Balaban J connectivity index is 1.55. The second-order valence-electron chi connectivity index (χ2n) is 7.46. The van der Waals surface area contributed by atoms with Gasteiger partial charge in [-0.3, -0.25) is 4.79 Å². The minimum Gasteiger partial charge on any atom is -0.323 e. The molecule has 11 heteroatoms. The molecule has 0 fully saturated rings. The Labute approximate surface area is 221 Å². The lowest BCUT2D eigenvalue weighted by molar-refractivity contribution is -0.114. The Bertz CT molecular complexity index is 1530. The van der Waals surface area contributed by atoms with E-state index in [4.69, 9.17) is 34.8 Å². The third-order valence-corrected chi connectivity index (χ3v) is 8.78. The van der Waals surface area contributed by atoms with Gasteiger partial charge in [-0.15, -0.1) is 11.3 Å². The van der Waals surface area contributed by atoms with Crippen molar-refractivity contribution in [1.82, 2.24) is 14.3 Å². The molecule has 0 aliphatic rings. The summed E-state index contributed by atoms with van der Waals surface area (Å²) in [5, 5.41) is 0.750. The fourth-order valence-corrected chi connectivity index (χ4v) is 6.33. The molecule has 4 aromatic rings. The fourth-order valence-electron chi connectivity index (χ4n) is 3.37. The normalized spacial score (nSPS) is 11.8. The van der Waals surface area contributed by atoms with Crippen molar-refractivity contribution in [2.75, 3.05) is 0 Å². The lowest BCUT2D eigenvalue weighted by Gasteiger charge is -2.12. The summed E-state index contributed by atoms with van der Waals surface area (Å²) in [6.07, 6.45) is 2.51. The van der Waals surface area contributed by atoms with Gasteiger partial charge in [-0.1, -0.05) is 77.3 Å². The van der Waals surface area contributed by atoms with E-state index in [1.807, 2.05) is 53.3 Å². The maximum Gasteiger partial charge on any atom is 0.273 e. The van der Waals surface area contributed by atoms with E-state index >= 15 is 0 Å². The Morgan fingerprint density at radius 2 is 1.80 bits per heavy atom. The summed E-state index contributed by atoms with van der Waals surface area (Å²) in [4.78, 5) is 16.6. The van der Waals surface area contributed by atoms with Gasteiger partial charge in [0.1, 0.15) is 10.0 Å². The molecule has 0 bridgehead atoms. The van der Waals surface area contributed by atoms with Crippen LogP contribution in [0.25, 0.3) is 17.2 Å². The minimum atomic E-state index is -4.03. The van der Waals surface area contributed by atoms with E-state index in [1.54, 1.807) is 11.5 Å². The summed E-state index contributed by atoms with van der Waals surface area (Å²) in [6, 6.07) is 18.5. The standard InChI is InChI=1S/C24H18Cl3N3O3S2/c1-15-28-24(27)20(9-11-22(31)29-35(32,33)23-12-10-21(26)34-23)30(15)14-18-8-7-17(13-19(18)25)16-5-3-2-4-6-16/h2-13H,14H2,1H3,(H,29,31). The Kier molecular flexibility index (Phi) is 7.68. The smallest absolute Gasteiger partial charge is 0.273 e. The summed E-state index contributed by atoms with van der Waals surface area (Å²) in [5.41, 5.74) is 3.32. The van der Waals surface area contributed by atoms with Gasteiger partial charge >= 0.3 is 0 Å². The molecule has 0 aliphatic carbocycles. The van der Waals surface area contributed by atoms with Gasteiger partial charge in [0.05, 0.1) is 16.6 Å². The number of hydrogen-bond acceptors (Lipinski definition) is 5. The first-order valence-corrected chi connectivity index (χ1v) is 13.6. The van der Waals surface area contributed by atoms with Crippen LogP contribution in [0, 0.1) is 6.92 Å². The predicted octanol–water partition coefficient (Wildman–Crippen LogP) is 6.45. The largest absolute Gasteiger partial charge is 0.323 e. The Morgan fingerprint density at radius 1 is 1.06 bits per heavy atom. The number of nitrogens with one attached hydrogen (secondary N) is 1. The quantitative estimate of drug-likeness (QED) is 0.261. The second kappa shape index (κ2) is 10.6. The van der Waals surface area contributed by atoms with Gasteiger partial charge in [-0.05, 0) is 47.9 Å². The number of amides is 1. The van der Waals surface area contributed by atoms with Gasteiger partial charge in [0.2, 0.25) is 0 Å². The van der Waals surface area contributed by atoms with Gasteiger partial charge in [-0.2, -0.15) is 0 Å². The van der Waals surface area contributed by atoms with Crippen molar-refractivity contribution >= 4 is 68.1 Å². The SMILES string of the molecule is Cc1nc(Cl)c(C=CC(=O)NS(=O)(=O)c2ccc(Cl)s2)n1Cc1ccc(-c2ccccc2)cc1Cl. The van der Waals surface area contributed by atoms with Gasteiger partial charge in [0.25, 0.3) is 15.9 Å². The molecule has 0 spiro atoms. The van der Waals surface area contributed by atoms with E-state index in [0.29, 0.717) is 27.4 Å². The van der Waals surface area contributed by atoms with E-state index in [-0.39, 0.29) is 9.36 Å². The molecule has 6 nitrogen and oxygen atoms in total. The highest BCUT2D eigenvalue weighted by Crippen LogP contribution is 2.28. The van der Waals surface area contributed by atoms with Crippen molar-refractivity contribution < 1.29 is 13.2 Å². The number of carbonyl (C=O) groups is 1. The van der Waals surface area contributed by atoms with Crippen LogP contribution < -0.4 is 4.72 Å². The van der Waals surface area contributed by atoms with Crippen molar-refractivity contribution in [3.63, 3.8) is 0 Å². The van der Waals surface area contributed by atoms with Crippen LogP contribution in [0.15, 0.2) is 70.9 Å². The molecule has 1 amide bonds. The highest BCUT2D eigenvalue weighted by molar-refractivity contribution is 7.92. The van der Waals surface area contributed by atoms with Gasteiger partial charge in [-0.25, -0.2) is 18.1 Å². The number of carbonyl (C=O) groups excluding carboxylic acids is 1. The molecule has 0 unspecified atom stereocenters. The number of rotatable bonds is 7. The average Bonchev–Trinajstić information content (AvgIpc) is 3.37. The summed E-state index contributed by atoms with van der Waals surface area (Å²) in [5.74, 6) is -0.222. The van der Waals surface area contributed by atoms with Gasteiger partial charge in [0.15, 0.2) is 5.15 Å². The zero-order chi connectivity index (χ0) is 25.2. The van der Waals surface area contributed by atoms with E-state index in [1.165, 1.54) is 18.2 Å². The third-order valence-electron chi connectivity index (χ3n) is 5.08. The van der Waals surface area contributed by atoms with Crippen molar-refractivity contribution in [2.45, 2.75) is 17.7 Å². The number of nitrogens with zero attached hydrogens (tertiary/aromatic N) is 2. The number of imidazole rings is 1. The van der Waals surface area contributed by atoms with Crippen LogP contribution in [0.2, 0.25) is 14.5 Å². The summed E-state index contributed by atoms with van der Waals surface area (Å²) < 4.78 is 28.7. The van der Waals surface area contributed by atoms with Crippen LogP contribution in [0.3, 0.4) is 0 Å². The first-order valence-electron chi connectivity index (χ1n) is 10.2. The Hall–Kier alpha value is -2.62. The maximum absolute atomic E-state index is 12.3. The first kappa shape index (κ1) is 25.5. The number of aromatic nitrogens is 2. The molecule has 180 valence electrons. The predicted molar refractivity (Wildman–Crippen MR) is 142 cm³/mol. The maximum atomic E-state index is 12.3. The zero-order valence-corrected chi connectivity index (χ0v) is 22.1. The molecule has 0 radical (unpaired) electrons. The molecular weight excluding hydrogens is 549 g/mol. The molecule has 2 aromatic heterocycles. The molecule has 0 atom stereocenters. The Morgan fingerprint density at radius 3 is 2.46 bits per heavy atom. The van der Waals surface area contributed by atoms with Crippen LogP contribution in [0.5, 0.6) is 0 Å². The topological polar surface area (TPSA) is 81.1 Å². The van der Waals surface area contributed by atoms with Crippen LogP contribution in [0.1, 0.15) is 17.1 Å². The van der Waals surface area contributed by atoms with Crippen molar-refractivity contribution in [3.05, 3.63) is 98.3 Å². The number of sulfonamides is 1. The third kappa shape index (κ3) is 5.97. The number of hydrogen-bond donors (Lipinski definition) is 1. The van der Waals surface area contributed by atoms with E-state index in [0.717, 1.165) is 34.1 Å². The van der Waals surface area contributed by atoms with Crippen LogP contribution in [-0.4, -0.2) is 23.9 Å². The van der Waals surface area contributed by atoms with E-state index in [9.17, 15) is 13.2 Å². The summed E-state index contributed by atoms with van der Waals surface area (Å²) in [7, 11) is -4.03. The van der Waals surface area contributed by atoms with Crippen molar-refractivity contribution in [1.29, 1.82) is 0 Å². The van der Waals surface area contributed by atoms with Crippen molar-refractivity contribution in [2.24, 2.45) is 0 Å². The minimum absolute atomic E-state index is 0.0586. The molecule has 0 aliphatic heterocycles. The van der Waals surface area contributed by atoms with E-state index < -0.39 is 15.9 Å². The molecule has 35 heavy (non-hydrogen) atoms. The second-order valence-corrected chi connectivity index (χ2v) is 11.8. The monoisotopic (exact) mass is 565 g/mol. The summed E-state index contributed by atoms with van der Waals surface area (Å²) >= 11 is 19.5. The number of thiophene rings is 1. The molecular formula is C24H18Cl3N3O3S2. The lowest BCUT2D eigenvalue weighted by atomic mass is 10.0. The van der Waals surface area contributed by atoms with Crippen LogP contribution in [0.4, 0.5) is 0 Å².